The Morgan fingerprint density at radius 2 is 1.76 bits per heavy atom. The largest absolute Gasteiger partial charge is 0.288 e. The van der Waals surface area contributed by atoms with E-state index in [0.29, 0.717) is 4.88 Å². The van der Waals surface area contributed by atoms with Crippen LogP contribution in [0, 0.1) is 0 Å². The van der Waals surface area contributed by atoms with Gasteiger partial charge in [0.1, 0.15) is 0 Å². The van der Waals surface area contributed by atoms with Crippen LogP contribution in [-0.4, -0.2) is 5.78 Å². The van der Waals surface area contributed by atoms with Crippen molar-refractivity contribution in [1.29, 1.82) is 0 Å². The minimum Gasteiger partial charge on any atom is -0.288 e. The maximum atomic E-state index is 12.2. The van der Waals surface area contributed by atoms with Crippen LogP contribution in [0.3, 0.4) is 0 Å². The van der Waals surface area contributed by atoms with E-state index in [9.17, 15) is 4.79 Å². The predicted octanol–water partition coefficient (Wildman–Crippen LogP) is 5.59. The van der Waals surface area contributed by atoms with Gasteiger partial charge in [-0.1, -0.05) is 52.5 Å². The maximum Gasteiger partial charge on any atom is 0.205 e. The number of hydrogen-bond donors (Lipinski definition) is 0. The van der Waals surface area contributed by atoms with Crippen molar-refractivity contribution in [2.75, 3.05) is 0 Å². The van der Waals surface area contributed by atoms with Crippen molar-refractivity contribution in [3.8, 4) is 0 Å². The van der Waals surface area contributed by atoms with Crippen LogP contribution in [0.25, 0.3) is 0 Å². The van der Waals surface area contributed by atoms with Crippen LogP contribution < -0.4 is 0 Å². The Labute approximate surface area is 122 Å². The van der Waals surface area contributed by atoms with Gasteiger partial charge in [0.25, 0.3) is 0 Å². The van der Waals surface area contributed by atoms with E-state index < -0.39 is 0 Å². The van der Waals surface area contributed by atoms with Crippen molar-refractivity contribution in [3.05, 3.63) is 54.1 Å². The van der Waals surface area contributed by atoms with Gasteiger partial charge in [-0.15, -0.1) is 11.3 Å². The van der Waals surface area contributed by atoms with Gasteiger partial charge in [-0.25, -0.2) is 0 Å². The summed E-state index contributed by atoms with van der Waals surface area (Å²) in [6, 6.07) is 4.89. The van der Waals surface area contributed by atoms with Crippen molar-refractivity contribution >= 4 is 63.5 Å². The Balaban J connectivity index is 2.61. The minimum absolute atomic E-state index is 0.0857. The molecule has 1 aromatic carbocycles. The Morgan fingerprint density at radius 1 is 1.06 bits per heavy atom. The van der Waals surface area contributed by atoms with Crippen LogP contribution in [0.4, 0.5) is 0 Å². The number of hydrogen-bond acceptors (Lipinski definition) is 2. The van der Waals surface area contributed by atoms with E-state index in [4.69, 9.17) is 46.4 Å². The number of rotatable bonds is 2. The second-order valence-corrected chi connectivity index (χ2v) is 5.67. The molecule has 6 heteroatoms. The molecular weight excluding hydrogens is 322 g/mol. The van der Waals surface area contributed by atoms with Crippen molar-refractivity contribution < 1.29 is 4.79 Å². The third-order valence-corrected chi connectivity index (χ3v) is 4.52. The zero-order valence-electron chi connectivity index (χ0n) is 8.14. The minimum atomic E-state index is -0.256. The average Bonchev–Trinajstić information content (AvgIpc) is 2.79. The smallest absolute Gasteiger partial charge is 0.205 e. The molecule has 0 aliphatic rings. The Kier molecular flexibility index (Phi) is 4.01. The summed E-state index contributed by atoms with van der Waals surface area (Å²) in [5, 5.41) is 2.44. The first-order valence-electron chi connectivity index (χ1n) is 4.43. The third-order valence-electron chi connectivity index (χ3n) is 2.09. The molecule has 1 aromatic heterocycles. The normalized spacial score (nSPS) is 10.6. The Bertz CT molecular complexity index is 578. The monoisotopic (exact) mass is 324 g/mol. The number of halogens is 4. The lowest BCUT2D eigenvalue weighted by Gasteiger charge is -2.07. The SMILES string of the molecule is O=C(c1cccs1)c1c(Cl)cc(Cl)c(Cl)c1Cl. The maximum absolute atomic E-state index is 12.2. The second kappa shape index (κ2) is 5.17. The molecule has 0 bridgehead atoms. The van der Waals surface area contributed by atoms with Crippen molar-refractivity contribution in [2.45, 2.75) is 0 Å². The fourth-order valence-electron chi connectivity index (χ4n) is 1.31. The van der Waals surface area contributed by atoms with Crippen LogP contribution >= 0.6 is 57.7 Å². The van der Waals surface area contributed by atoms with Crippen molar-refractivity contribution in [3.63, 3.8) is 0 Å². The van der Waals surface area contributed by atoms with Crippen LogP contribution in [0.15, 0.2) is 23.6 Å². The van der Waals surface area contributed by atoms with Gasteiger partial charge in [-0.2, -0.15) is 0 Å². The second-order valence-electron chi connectivity index (χ2n) is 3.15. The van der Waals surface area contributed by atoms with Crippen molar-refractivity contribution in [2.24, 2.45) is 0 Å². The van der Waals surface area contributed by atoms with Crippen LogP contribution in [0.2, 0.25) is 20.1 Å². The van der Waals surface area contributed by atoms with E-state index >= 15 is 0 Å². The summed E-state index contributed by atoms with van der Waals surface area (Å²) in [6.45, 7) is 0. The topological polar surface area (TPSA) is 17.1 Å². The molecule has 0 spiro atoms. The van der Waals surface area contributed by atoms with E-state index in [1.54, 1.807) is 17.5 Å². The van der Waals surface area contributed by atoms with Gasteiger partial charge in [-0.05, 0) is 17.5 Å². The first kappa shape index (κ1) is 13.2. The number of carbonyl (C=O) groups excluding carboxylic acids is 1. The molecule has 0 aliphatic carbocycles. The molecule has 2 rings (SSSR count). The highest BCUT2D eigenvalue weighted by Gasteiger charge is 2.21. The molecule has 0 saturated heterocycles. The standard InChI is InChI=1S/C11H4Cl4OS/c12-5-4-6(13)9(14)10(15)8(5)11(16)7-2-1-3-17-7/h1-4H. The summed E-state index contributed by atoms with van der Waals surface area (Å²) in [6.07, 6.45) is 0. The van der Waals surface area contributed by atoms with E-state index in [1.807, 2.05) is 0 Å². The number of ketones is 1. The summed E-state index contributed by atoms with van der Waals surface area (Å²) in [4.78, 5) is 12.7. The first-order chi connectivity index (χ1) is 8.02. The van der Waals surface area contributed by atoms with Crippen LogP contribution in [0.1, 0.15) is 15.2 Å². The zero-order chi connectivity index (χ0) is 12.6. The van der Waals surface area contributed by atoms with Gasteiger partial charge in [0.15, 0.2) is 0 Å². The summed E-state index contributed by atoms with van der Waals surface area (Å²) in [7, 11) is 0. The van der Waals surface area contributed by atoms with Gasteiger partial charge >= 0.3 is 0 Å². The van der Waals surface area contributed by atoms with Crippen molar-refractivity contribution in [1.82, 2.24) is 0 Å². The summed E-state index contributed by atoms with van der Waals surface area (Å²) >= 11 is 25.0. The molecule has 0 atom stereocenters. The highest BCUT2D eigenvalue weighted by atomic mass is 35.5. The number of thiophene rings is 1. The Hall–Kier alpha value is -0.250. The van der Waals surface area contributed by atoms with Gasteiger partial charge in [0.05, 0.1) is 30.5 Å². The summed E-state index contributed by atoms with van der Waals surface area (Å²) in [5.74, 6) is -0.256. The first-order valence-corrected chi connectivity index (χ1v) is 6.82. The molecule has 0 radical (unpaired) electrons. The molecular formula is C11H4Cl4OS. The van der Waals surface area contributed by atoms with E-state index in [1.165, 1.54) is 17.4 Å². The molecule has 1 heterocycles. The third kappa shape index (κ3) is 2.47. The lowest BCUT2D eigenvalue weighted by atomic mass is 10.1. The molecule has 0 aliphatic heterocycles. The summed E-state index contributed by atoms with van der Waals surface area (Å²) in [5.41, 5.74) is 0.185. The number of benzene rings is 1. The molecule has 2 aromatic rings. The molecule has 0 N–H and O–H groups in total. The van der Waals surface area contributed by atoms with E-state index in [-0.39, 0.29) is 31.4 Å². The lowest BCUT2D eigenvalue weighted by molar-refractivity contribution is 0.104. The number of carbonyl (C=O) groups is 1. The van der Waals surface area contributed by atoms with Crippen LogP contribution in [0.5, 0.6) is 0 Å². The average molecular weight is 326 g/mol. The van der Waals surface area contributed by atoms with E-state index in [2.05, 4.69) is 0 Å². The predicted molar refractivity (Wildman–Crippen MR) is 74.2 cm³/mol. The van der Waals surface area contributed by atoms with Gasteiger partial charge in [0.2, 0.25) is 5.78 Å². The highest BCUT2D eigenvalue weighted by Crippen LogP contribution is 2.38. The zero-order valence-corrected chi connectivity index (χ0v) is 12.0. The quantitative estimate of drug-likeness (QED) is 0.399. The molecule has 0 unspecified atom stereocenters. The molecule has 0 fully saturated rings. The van der Waals surface area contributed by atoms with E-state index in [0.717, 1.165) is 0 Å². The summed E-state index contributed by atoms with van der Waals surface area (Å²) < 4.78 is 0. The fraction of sp³-hybridized carbons (Fsp3) is 0. The lowest BCUT2D eigenvalue weighted by Crippen LogP contribution is -2.01. The van der Waals surface area contributed by atoms with Gasteiger partial charge in [-0.3, -0.25) is 4.79 Å². The van der Waals surface area contributed by atoms with Crippen LogP contribution in [-0.2, 0) is 0 Å². The highest BCUT2D eigenvalue weighted by molar-refractivity contribution is 7.12. The fourth-order valence-corrected chi connectivity index (χ4v) is 3.06. The molecule has 88 valence electrons. The van der Waals surface area contributed by atoms with Gasteiger partial charge in [0, 0.05) is 0 Å². The molecule has 0 amide bonds. The molecule has 17 heavy (non-hydrogen) atoms. The molecule has 0 saturated carbocycles. The Morgan fingerprint density at radius 3 is 2.35 bits per heavy atom. The van der Waals surface area contributed by atoms with Gasteiger partial charge < -0.3 is 0 Å². The molecule has 1 nitrogen and oxygen atoms in total.